The van der Waals surface area contributed by atoms with Crippen molar-refractivity contribution in [3.05, 3.63) is 34.5 Å². The molecule has 0 saturated carbocycles. The third kappa shape index (κ3) is 16.6. The molecule has 6 fully saturated rings. The zero-order valence-corrected chi connectivity index (χ0v) is 45.6. The van der Waals surface area contributed by atoms with E-state index in [1.807, 2.05) is 24.3 Å². The minimum Gasteiger partial charge on any atom is -0.465 e. The molecule has 0 amide bonds. The molecular weight excluding hydrogens is 955 g/mol. The van der Waals surface area contributed by atoms with Crippen molar-refractivity contribution in [2.75, 3.05) is 39.6 Å². The molecule has 0 aliphatic carbocycles. The van der Waals surface area contributed by atoms with Gasteiger partial charge in [-0.3, -0.25) is 4.79 Å². The van der Waals surface area contributed by atoms with Gasteiger partial charge in [-0.2, -0.15) is 0 Å². The SMILES string of the molecule is CCCCCCCCCCCCCCCCn1c(-c2cc(OC3CCCCO3)c(OC3CCCCO3)c(OC3CCCCO3)c2)c(OC2CCCCO2)c(=O)c2c(OC3CCCCO3)cc(OC3CCCCO3)cc21. The fourth-order valence-corrected chi connectivity index (χ4v) is 11.4. The summed E-state index contributed by atoms with van der Waals surface area (Å²) in [7, 11) is 0. The van der Waals surface area contributed by atoms with E-state index in [0.29, 0.717) is 110 Å². The van der Waals surface area contributed by atoms with Crippen molar-refractivity contribution in [3.8, 4) is 45.8 Å². The van der Waals surface area contributed by atoms with Gasteiger partial charge in [0.2, 0.25) is 11.2 Å². The first-order valence-electron chi connectivity index (χ1n) is 30.2. The smallest absolute Gasteiger partial charge is 0.235 e. The Morgan fingerprint density at radius 3 is 1.20 bits per heavy atom. The Balaban J connectivity index is 1.15. The van der Waals surface area contributed by atoms with E-state index in [2.05, 4.69) is 11.5 Å². The normalized spacial score (nSPS) is 24.7. The van der Waals surface area contributed by atoms with E-state index < -0.39 is 37.7 Å². The summed E-state index contributed by atoms with van der Waals surface area (Å²) < 4.78 is 80.8. The van der Waals surface area contributed by atoms with Gasteiger partial charge >= 0.3 is 0 Å². The fraction of sp³-hybridized carbons (Fsp3) is 0.754. The first-order chi connectivity index (χ1) is 37.1. The summed E-state index contributed by atoms with van der Waals surface area (Å²) in [4.78, 5) is 15.9. The molecule has 14 heteroatoms. The van der Waals surface area contributed by atoms with Crippen LogP contribution in [0.4, 0.5) is 0 Å². The Morgan fingerprint density at radius 1 is 0.413 bits per heavy atom. The second-order valence-corrected chi connectivity index (χ2v) is 21.9. The number of unbranched alkanes of at least 4 members (excludes halogenated alkanes) is 13. The number of pyridine rings is 1. The second-order valence-electron chi connectivity index (χ2n) is 21.9. The molecule has 418 valence electrons. The summed E-state index contributed by atoms with van der Waals surface area (Å²) in [6.07, 6.45) is 30.4. The van der Waals surface area contributed by atoms with Gasteiger partial charge in [0.15, 0.2) is 55.0 Å². The van der Waals surface area contributed by atoms with Crippen LogP contribution in [-0.2, 0) is 35.0 Å². The highest BCUT2D eigenvalue weighted by molar-refractivity contribution is 5.92. The average molecular weight is 1050 g/mol. The Labute approximate surface area is 447 Å². The number of hydrogen-bond donors (Lipinski definition) is 0. The van der Waals surface area contributed by atoms with Crippen LogP contribution >= 0.6 is 0 Å². The van der Waals surface area contributed by atoms with Gasteiger partial charge in [-0.25, -0.2) is 0 Å². The lowest BCUT2D eigenvalue weighted by atomic mass is 10.0. The van der Waals surface area contributed by atoms with E-state index in [0.717, 1.165) is 122 Å². The van der Waals surface area contributed by atoms with E-state index in [4.69, 9.17) is 56.8 Å². The van der Waals surface area contributed by atoms with Crippen molar-refractivity contribution in [2.45, 2.75) is 257 Å². The van der Waals surface area contributed by atoms with Gasteiger partial charge in [-0.1, -0.05) is 90.4 Å². The van der Waals surface area contributed by atoms with Crippen LogP contribution in [-0.4, -0.2) is 81.9 Å². The van der Waals surface area contributed by atoms with Crippen molar-refractivity contribution >= 4 is 10.9 Å². The van der Waals surface area contributed by atoms with Gasteiger partial charge in [0.05, 0.1) is 56.2 Å². The summed E-state index contributed by atoms with van der Waals surface area (Å²) in [6, 6.07) is 7.80. The zero-order chi connectivity index (χ0) is 51.3. The maximum Gasteiger partial charge on any atom is 0.235 e. The Hall–Kier alpha value is -3.79. The van der Waals surface area contributed by atoms with Crippen LogP contribution in [0.15, 0.2) is 29.1 Å². The fourth-order valence-electron chi connectivity index (χ4n) is 11.4. The topological polar surface area (TPSA) is 133 Å². The molecule has 0 bridgehead atoms. The lowest BCUT2D eigenvalue weighted by Gasteiger charge is -2.31. The lowest BCUT2D eigenvalue weighted by molar-refractivity contribution is -0.126. The van der Waals surface area contributed by atoms with Crippen LogP contribution in [0.5, 0.6) is 34.5 Å². The van der Waals surface area contributed by atoms with E-state index in [1.54, 1.807) is 0 Å². The third-order valence-corrected chi connectivity index (χ3v) is 15.7. The van der Waals surface area contributed by atoms with Crippen molar-refractivity contribution in [3.63, 3.8) is 0 Å². The van der Waals surface area contributed by atoms with Gasteiger partial charge in [0.1, 0.15) is 11.5 Å². The summed E-state index contributed by atoms with van der Waals surface area (Å²) in [5, 5.41) is 0.412. The highest BCUT2D eigenvalue weighted by atomic mass is 16.7. The number of nitrogens with zero attached hydrogens (tertiary/aromatic N) is 1. The molecule has 6 unspecified atom stereocenters. The summed E-state index contributed by atoms with van der Waals surface area (Å²) in [6.45, 7) is 6.44. The third-order valence-electron chi connectivity index (χ3n) is 15.7. The molecule has 9 rings (SSSR count). The van der Waals surface area contributed by atoms with Crippen molar-refractivity contribution in [1.82, 2.24) is 4.57 Å². The van der Waals surface area contributed by atoms with Crippen molar-refractivity contribution in [1.29, 1.82) is 0 Å². The predicted octanol–water partition coefficient (Wildman–Crippen LogP) is 14.6. The van der Waals surface area contributed by atoms with Gasteiger partial charge in [-0.15, -0.1) is 0 Å². The van der Waals surface area contributed by atoms with Crippen LogP contribution in [0.2, 0.25) is 0 Å². The van der Waals surface area contributed by atoms with E-state index in [-0.39, 0.29) is 11.2 Å². The first-order valence-corrected chi connectivity index (χ1v) is 30.2. The van der Waals surface area contributed by atoms with Crippen LogP contribution in [0.25, 0.3) is 22.2 Å². The zero-order valence-electron chi connectivity index (χ0n) is 45.6. The molecule has 3 aromatic rings. The van der Waals surface area contributed by atoms with Gasteiger partial charge in [0, 0.05) is 62.8 Å². The molecule has 7 heterocycles. The maximum absolute atomic E-state index is 15.9. The number of aryl methyl sites for hydroxylation is 1. The average Bonchev–Trinajstić information content (AvgIpc) is 3.45. The summed E-state index contributed by atoms with van der Waals surface area (Å²) in [5.74, 6) is 2.47. The molecule has 75 heavy (non-hydrogen) atoms. The highest BCUT2D eigenvalue weighted by Gasteiger charge is 2.33. The summed E-state index contributed by atoms with van der Waals surface area (Å²) >= 11 is 0. The number of ether oxygens (including phenoxy) is 12. The van der Waals surface area contributed by atoms with Crippen LogP contribution in [0.1, 0.15) is 212 Å². The molecule has 6 aliphatic heterocycles. The highest BCUT2D eigenvalue weighted by Crippen LogP contribution is 2.48. The largest absolute Gasteiger partial charge is 0.465 e. The molecule has 1 aromatic heterocycles. The predicted molar refractivity (Wildman–Crippen MR) is 289 cm³/mol. The molecule has 0 spiro atoms. The molecule has 6 saturated heterocycles. The van der Waals surface area contributed by atoms with Crippen LogP contribution in [0.3, 0.4) is 0 Å². The lowest BCUT2D eigenvalue weighted by Crippen LogP contribution is -2.30. The number of aromatic nitrogens is 1. The first kappa shape index (κ1) is 55.9. The van der Waals surface area contributed by atoms with E-state index in [9.17, 15) is 0 Å². The number of fused-ring (bicyclic) bond motifs is 1. The number of benzene rings is 2. The maximum atomic E-state index is 15.9. The standard InChI is InChI=1S/C61H91NO13/c1-2-3-4-5-6-7-8-9-10-11-12-13-14-21-34-62-47-43-46(70-51-28-15-22-35-64-51)44-48(71-52-29-16-23-36-65-52)57(47)59(63)61(75-56-33-20-27-40-69-56)58(62)45-41-49(72-53-30-17-24-37-66-53)60(74-55-32-19-26-39-68-55)50(42-45)73-54-31-18-25-38-67-54/h41-44,51-56H,2-40H2,1H3. The van der Waals surface area contributed by atoms with E-state index >= 15 is 4.79 Å². The van der Waals surface area contributed by atoms with Gasteiger partial charge < -0.3 is 61.4 Å². The molecule has 0 radical (unpaired) electrons. The van der Waals surface area contributed by atoms with Gasteiger partial charge in [0.25, 0.3) is 0 Å². The molecule has 0 N–H and O–H groups in total. The minimum atomic E-state index is -0.627. The quantitative estimate of drug-likeness (QED) is 0.0640. The Bertz CT molecular complexity index is 2160. The molecule has 6 aliphatic rings. The van der Waals surface area contributed by atoms with Crippen molar-refractivity contribution in [2.24, 2.45) is 0 Å². The van der Waals surface area contributed by atoms with Crippen LogP contribution in [0, 0.1) is 0 Å². The number of hydrogen-bond acceptors (Lipinski definition) is 13. The van der Waals surface area contributed by atoms with Gasteiger partial charge in [-0.05, 0) is 95.6 Å². The van der Waals surface area contributed by atoms with Crippen molar-refractivity contribution < 1.29 is 56.8 Å². The summed E-state index contributed by atoms with van der Waals surface area (Å²) in [5.41, 5.74) is 1.63. The Morgan fingerprint density at radius 2 is 0.787 bits per heavy atom. The molecule has 6 atom stereocenters. The Kier molecular flexibility index (Phi) is 22.7. The molecular formula is C61H91NO13. The molecule has 2 aromatic carbocycles. The van der Waals surface area contributed by atoms with Crippen LogP contribution < -0.4 is 33.8 Å². The number of rotatable bonds is 28. The second kappa shape index (κ2) is 30.4. The van der Waals surface area contributed by atoms with E-state index in [1.165, 1.54) is 70.6 Å². The molecule has 14 nitrogen and oxygen atoms in total. The monoisotopic (exact) mass is 1050 g/mol. The minimum absolute atomic E-state index is 0.183.